The Morgan fingerprint density at radius 3 is 2.89 bits per heavy atom. The topological polar surface area (TPSA) is 95.3 Å². The number of aromatic carboxylic acids is 1. The van der Waals surface area contributed by atoms with Gasteiger partial charge in [0.15, 0.2) is 0 Å². The number of rotatable bonds is 4. The second-order valence-electron chi connectivity index (χ2n) is 4.64. The van der Waals surface area contributed by atoms with Crippen LogP contribution in [0.1, 0.15) is 35.3 Å². The number of aliphatic hydroxyl groups excluding tert-OH is 1. The number of carbonyl (C=O) groups is 1. The Hall–Kier alpha value is -1.69. The molecule has 6 nitrogen and oxygen atoms in total. The summed E-state index contributed by atoms with van der Waals surface area (Å²) < 4.78 is 0. The van der Waals surface area contributed by atoms with E-state index in [2.05, 4.69) is 15.3 Å². The number of aryl methyl sites for hydroxylation is 1. The number of nitrogens with zero attached hydrogens (tertiary/aromatic N) is 2. The van der Waals surface area contributed by atoms with Crippen LogP contribution in [0.2, 0.25) is 0 Å². The average Bonchev–Trinajstić information content (AvgIpc) is 2.72. The van der Waals surface area contributed by atoms with Crippen molar-refractivity contribution >= 4 is 11.9 Å². The first-order valence-corrected chi connectivity index (χ1v) is 6.07. The Labute approximate surface area is 105 Å². The van der Waals surface area contributed by atoms with Crippen LogP contribution in [0.4, 0.5) is 5.95 Å². The number of aliphatic hydroxyl groups is 1. The van der Waals surface area contributed by atoms with Crippen LogP contribution in [0, 0.1) is 12.8 Å². The Morgan fingerprint density at radius 1 is 1.56 bits per heavy atom. The number of hydrogen-bond acceptors (Lipinski definition) is 5. The second kappa shape index (κ2) is 5.30. The van der Waals surface area contributed by atoms with Crippen LogP contribution >= 0.6 is 0 Å². The molecule has 0 radical (unpaired) electrons. The summed E-state index contributed by atoms with van der Waals surface area (Å²) in [7, 11) is 0. The van der Waals surface area contributed by atoms with Gasteiger partial charge in [-0.2, -0.15) is 0 Å². The first kappa shape index (κ1) is 12.8. The lowest BCUT2D eigenvalue weighted by Gasteiger charge is -2.15. The average molecular weight is 251 g/mol. The molecule has 1 aromatic heterocycles. The van der Waals surface area contributed by atoms with E-state index in [0.717, 1.165) is 19.3 Å². The minimum absolute atomic E-state index is 0.112. The third-order valence-corrected chi connectivity index (χ3v) is 3.35. The van der Waals surface area contributed by atoms with Crippen LogP contribution in [0.15, 0.2) is 6.20 Å². The molecule has 0 spiro atoms. The molecule has 1 aromatic rings. The Kier molecular flexibility index (Phi) is 3.76. The van der Waals surface area contributed by atoms with Gasteiger partial charge in [-0.15, -0.1) is 0 Å². The van der Waals surface area contributed by atoms with Gasteiger partial charge in [0.1, 0.15) is 0 Å². The van der Waals surface area contributed by atoms with E-state index in [9.17, 15) is 9.90 Å². The summed E-state index contributed by atoms with van der Waals surface area (Å²) in [6.45, 7) is 2.26. The van der Waals surface area contributed by atoms with Gasteiger partial charge in [0.25, 0.3) is 0 Å². The lowest BCUT2D eigenvalue weighted by molar-refractivity contribution is 0.0695. The molecule has 2 rings (SSSR count). The number of carboxylic acids is 1. The highest BCUT2D eigenvalue weighted by Crippen LogP contribution is 2.25. The molecule has 0 unspecified atom stereocenters. The summed E-state index contributed by atoms with van der Waals surface area (Å²) in [6.07, 6.45) is 3.95. The van der Waals surface area contributed by atoms with Gasteiger partial charge in [-0.3, -0.25) is 0 Å². The lowest BCUT2D eigenvalue weighted by Crippen LogP contribution is -2.23. The summed E-state index contributed by atoms with van der Waals surface area (Å²) >= 11 is 0. The third-order valence-electron chi connectivity index (χ3n) is 3.35. The van der Waals surface area contributed by atoms with Gasteiger partial charge < -0.3 is 15.5 Å². The van der Waals surface area contributed by atoms with E-state index < -0.39 is 5.97 Å². The Balaban J connectivity index is 1.98. The van der Waals surface area contributed by atoms with Crippen molar-refractivity contribution in [3.05, 3.63) is 17.5 Å². The van der Waals surface area contributed by atoms with Gasteiger partial charge in [-0.05, 0) is 19.8 Å². The molecule has 1 heterocycles. The fourth-order valence-electron chi connectivity index (χ4n) is 2.24. The highest BCUT2D eigenvalue weighted by atomic mass is 16.4. The maximum atomic E-state index is 10.8. The maximum absolute atomic E-state index is 10.8. The predicted molar refractivity (Wildman–Crippen MR) is 65.6 cm³/mol. The maximum Gasteiger partial charge on any atom is 0.339 e. The van der Waals surface area contributed by atoms with Crippen LogP contribution in [-0.4, -0.2) is 38.8 Å². The number of hydrogen-bond donors (Lipinski definition) is 3. The first-order chi connectivity index (χ1) is 8.58. The van der Waals surface area contributed by atoms with E-state index in [1.165, 1.54) is 6.20 Å². The molecule has 0 saturated heterocycles. The fraction of sp³-hybridized carbons (Fsp3) is 0.583. The molecule has 1 fully saturated rings. The quantitative estimate of drug-likeness (QED) is 0.740. The molecule has 98 valence electrons. The van der Waals surface area contributed by atoms with E-state index >= 15 is 0 Å². The number of nitrogens with one attached hydrogen (secondary N) is 1. The zero-order chi connectivity index (χ0) is 13.1. The Morgan fingerprint density at radius 2 is 2.33 bits per heavy atom. The van der Waals surface area contributed by atoms with Crippen LogP contribution in [0.5, 0.6) is 0 Å². The summed E-state index contributed by atoms with van der Waals surface area (Å²) in [6, 6.07) is 0. The van der Waals surface area contributed by atoms with Crippen molar-refractivity contribution in [1.82, 2.24) is 9.97 Å². The smallest absolute Gasteiger partial charge is 0.339 e. The molecular weight excluding hydrogens is 234 g/mol. The molecule has 0 amide bonds. The van der Waals surface area contributed by atoms with Gasteiger partial charge in [0.2, 0.25) is 5.95 Å². The zero-order valence-corrected chi connectivity index (χ0v) is 10.3. The molecule has 1 saturated carbocycles. The van der Waals surface area contributed by atoms with Gasteiger partial charge >= 0.3 is 5.97 Å². The van der Waals surface area contributed by atoms with Crippen molar-refractivity contribution in [2.24, 2.45) is 5.92 Å². The lowest BCUT2D eigenvalue weighted by atomic mass is 10.1. The third kappa shape index (κ3) is 2.76. The monoisotopic (exact) mass is 251 g/mol. The molecule has 0 aromatic carbocycles. The van der Waals surface area contributed by atoms with E-state index in [-0.39, 0.29) is 17.6 Å². The van der Waals surface area contributed by atoms with Crippen LogP contribution in [-0.2, 0) is 0 Å². The molecule has 1 aliphatic rings. The van der Waals surface area contributed by atoms with Gasteiger partial charge in [-0.25, -0.2) is 14.8 Å². The largest absolute Gasteiger partial charge is 0.478 e. The van der Waals surface area contributed by atoms with Crippen LogP contribution in [0.3, 0.4) is 0 Å². The van der Waals surface area contributed by atoms with E-state index in [0.29, 0.717) is 18.2 Å². The van der Waals surface area contributed by atoms with Gasteiger partial charge in [0, 0.05) is 18.7 Å². The zero-order valence-electron chi connectivity index (χ0n) is 10.3. The van der Waals surface area contributed by atoms with Crippen LogP contribution < -0.4 is 5.32 Å². The normalized spacial score (nSPS) is 23.0. The summed E-state index contributed by atoms with van der Waals surface area (Å²) in [4.78, 5) is 18.9. The molecule has 2 atom stereocenters. The first-order valence-electron chi connectivity index (χ1n) is 6.07. The van der Waals surface area contributed by atoms with Crippen molar-refractivity contribution in [1.29, 1.82) is 0 Å². The summed E-state index contributed by atoms with van der Waals surface area (Å²) in [5.74, 6) is -0.380. The van der Waals surface area contributed by atoms with E-state index in [1.807, 2.05) is 0 Å². The summed E-state index contributed by atoms with van der Waals surface area (Å²) in [5, 5.41) is 21.6. The highest BCUT2D eigenvalue weighted by Gasteiger charge is 2.25. The predicted octanol–water partition coefficient (Wildman–Crippen LogP) is 1.06. The van der Waals surface area contributed by atoms with E-state index in [1.54, 1.807) is 6.92 Å². The molecule has 0 aliphatic heterocycles. The van der Waals surface area contributed by atoms with Crippen LogP contribution in [0.25, 0.3) is 0 Å². The highest BCUT2D eigenvalue weighted by molar-refractivity contribution is 5.88. The molecular formula is C12H17N3O3. The van der Waals surface area contributed by atoms with Crippen molar-refractivity contribution in [3.63, 3.8) is 0 Å². The van der Waals surface area contributed by atoms with Crippen molar-refractivity contribution < 1.29 is 15.0 Å². The number of carboxylic acid groups (broad SMARTS) is 1. The summed E-state index contributed by atoms with van der Waals surface area (Å²) in [5.41, 5.74) is 0.549. The minimum atomic E-state index is -1.02. The number of aromatic nitrogens is 2. The fourth-order valence-corrected chi connectivity index (χ4v) is 2.24. The van der Waals surface area contributed by atoms with Crippen molar-refractivity contribution in [2.75, 3.05) is 11.9 Å². The van der Waals surface area contributed by atoms with Crippen molar-refractivity contribution in [2.45, 2.75) is 32.3 Å². The SMILES string of the molecule is Cc1nc(NC[C@@H]2CCC[C@H]2O)ncc1C(=O)O. The molecule has 6 heteroatoms. The molecule has 3 N–H and O–H groups in total. The molecule has 0 bridgehead atoms. The molecule has 1 aliphatic carbocycles. The minimum Gasteiger partial charge on any atom is -0.478 e. The van der Waals surface area contributed by atoms with E-state index in [4.69, 9.17) is 5.11 Å². The molecule has 18 heavy (non-hydrogen) atoms. The number of anilines is 1. The van der Waals surface area contributed by atoms with Crippen molar-refractivity contribution in [3.8, 4) is 0 Å². The second-order valence-corrected chi connectivity index (χ2v) is 4.64. The van der Waals surface area contributed by atoms with Gasteiger partial charge in [0.05, 0.1) is 17.4 Å². The van der Waals surface area contributed by atoms with Gasteiger partial charge in [-0.1, -0.05) is 6.42 Å². The standard InChI is InChI=1S/C12H17N3O3/c1-7-9(11(17)18)6-14-12(15-7)13-5-8-3-2-4-10(8)16/h6,8,10,16H,2-5H2,1H3,(H,17,18)(H,13,14,15)/t8-,10+/m0/s1. The Bertz CT molecular complexity index is 450.